The first kappa shape index (κ1) is 10.2. The highest BCUT2D eigenvalue weighted by molar-refractivity contribution is 6.31. The van der Waals surface area contributed by atoms with Gasteiger partial charge in [-0.25, -0.2) is 0 Å². The molecule has 1 aromatic rings. The zero-order valence-corrected chi connectivity index (χ0v) is 8.80. The fourth-order valence-electron chi connectivity index (χ4n) is 1.33. The van der Waals surface area contributed by atoms with Crippen molar-refractivity contribution in [2.45, 2.75) is 13.3 Å². The molecule has 0 heterocycles. The fraction of sp³-hybridized carbons (Fsp3) is 0.400. The Kier molecular flexibility index (Phi) is 3.43. The van der Waals surface area contributed by atoms with Gasteiger partial charge in [0.05, 0.1) is 11.4 Å². The summed E-state index contributed by atoms with van der Waals surface area (Å²) in [4.78, 5) is 2.13. The molecular weight excluding hydrogens is 184 g/mol. The lowest BCUT2D eigenvalue weighted by molar-refractivity contribution is 0.853. The van der Waals surface area contributed by atoms with Gasteiger partial charge in [-0.1, -0.05) is 18.5 Å². The Bertz CT molecular complexity index is 286. The van der Waals surface area contributed by atoms with Crippen LogP contribution in [0.4, 0.5) is 11.4 Å². The standard InChI is InChI=1S/C10H15ClN2/c1-3-6-13(2)10-5-4-8(11)7-9(10)12/h4-5,7H,3,6,12H2,1-2H3. The third-order valence-corrected chi connectivity index (χ3v) is 2.19. The molecule has 0 aliphatic rings. The molecule has 0 spiro atoms. The fourth-order valence-corrected chi connectivity index (χ4v) is 1.51. The first-order valence-electron chi connectivity index (χ1n) is 4.41. The Hall–Kier alpha value is -0.890. The molecular formula is C10H15ClN2. The van der Waals surface area contributed by atoms with E-state index in [4.69, 9.17) is 17.3 Å². The largest absolute Gasteiger partial charge is 0.397 e. The third kappa shape index (κ3) is 2.52. The molecule has 0 aromatic heterocycles. The molecule has 0 saturated heterocycles. The molecule has 3 heteroatoms. The molecule has 2 nitrogen and oxygen atoms in total. The molecule has 0 amide bonds. The highest BCUT2D eigenvalue weighted by atomic mass is 35.5. The van der Waals surface area contributed by atoms with Crippen molar-refractivity contribution in [3.63, 3.8) is 0 Å². The summed E-state index contributed by atoms with van der Waals surface area (Å²) in [6, 6.07) is 5.59. The van der Waals surface area contributed by atoms with Gasteiger partial charge < -0.3 is 10.6 Å². The van der Waals surface area contributed by atoms with Crippen LogP contribution in [0.2, 0.25) is 5.02 Å². The second-order valence-corrected chi connectivity index (χ2v) is 3.56. The minimum absolute atomic E-state index is 0.686. The summed E-state index contributed by atoms with van der Waals surface area (Å²) in [5, 5.41) is 0.686. The van der Waals surface area contributed by atoms with E-state index in [0.29, 0.717) is 5.02 Å². The predicted octanol–water partition coefficient (Wildman–Crippen LogP) is 2.77. The Labute approximate surface area is 84.3 Å². The zero-order chi connectivity index (χ0) is 9.84. The highest BCUT2D eigenvalue weighted by Crippen LogP contribution is 2.25. The monoisotopic (exact) mass is 198 g/mol. The number of benzene rings is 1. The molecule has 1 rings (SSSR count). The van der Waals surface area contributed by atoms with Crippen LogP contribution in [0.1, 0.15) is 13.3 Å². The summed E-state index contributed by atoms with van der Waals surface area (Å²) >= 11 is 5.80. The lowest BCUT2D eigenvalue weighted by Gasteiger charge is -2.20. The minimum Gasteiger partial charge on any atom is -0.397 e. The normalized spacial score (nSPS) is 10.1. The lowest BCUT2D eigenvalue weighted by atomic mass is 10.2. The molecule has 0 aliphatic heterocycles. The molecule has 2 N–H and O–H groups in total. The van der Waals surface area contributed by atoms with Gasteiger partial charge in [-0.2, -0.15) is 0 Å². The van der Waals surface area contributed by atoms with Gasteiger partial charge in [0, 0.05) is 18.6 Å². The van der Waals surface area contributed by atoms with Crippen molar-refractivity contribution in [2.75, 3.05) is 24.2 Å². The summed E-state index contributed by atoms with van der Waals surface area (Å²) in [7, 11) is 2.03. The van der Waals surface area contributed by atoms with Crippen LogP contribution in [0, 0.1) is 0 Å². The Balaban J connectivity index is 2.88. The molecule has 0 unspecified atom stereocenters. The number of nitrogens with zero attached hydrogens (tertiary/aromatic N) is 1. The van der Waals surface area contributed by atoms with Crippen LogP contribution in [0.5, 0.6) is 0 Å². The van der Waals surface area contributed by atoms with Crippen molar-refractivity contribution in [2.24, 2.45) is 0 Å². The molecule has 0 fully saturated rings. The van der Waals surface area contributed by atoms with Crippen LogP contribution in [-0.2, 0) is 0 Å². The van der Waals surface area contributed by atoms with Crippen LogP contribution in [0.3, 0.4) is 0 Å². The van der Waals surface area contributed by atoms with Crippen molar-refractivity contribution < 1.29 is 0 Å². The van der Waals surface area contributed by atoms with Crippen LogP contribution < -0.4 is 10.6 Å². The van der Waals surface area contributed by atoms with E-state index in [1.165, 1.54) is 0 Å². The van der Waals surface area contributed by atoms with Crippen molar-refractivity contribution in [3.8, 4) is 0 Å². The van der Waals surface area contributed by atoms with E-state index in [9.17, 15) is 0 Å². The zero-order valence-electron chi connectivity index (χ0n) is 8.05. The summed E-state index contributed by atoms with van der Waals surface area (Å²) < 4.78 is 0. The van der Waals surface area contributed by atoms with Gasteiger partial charge in [-0.3, -0.25) is 0 Å². The average molecular weight is 199 g/mol. The quantitative estimate of drug-likeness (QED) is 0.757. The Morgan fingerprint density at radius 1 is 1.46 bits per heavy atom. The van der Waals surface area contributed by atoms with E-state index in [1.807, 2.05) is 19.2 Å². The Morgan fingerprint density at radius 2 is 2.15 bits per heavy atom. The molecule has 0 radical (unpaired) electrons. The van der Waals surface area contributed by atoms with E-state index in [2.05, 4.69) is 11.8 Å². The van der Waals surface area contributed by atoms with Crippen LogP contribution in [-0.4, -0.2) is 13.6 Å². The predicted molar refractivity (Wildman–Crippen MR) is 59.4 cm³/mol. The summed E-state index contributed by atoms with van der Waals surface area (Å²) in [5.41, 5.74) is 7.61. The van der Waals surface area contributed by atoms with E-state index < -0.39 is 0 Å². The van der Waals surface area contributed by atoms with Crippen molar-refractivity contribution in [1.29, 1.82) is 0 Å². The number of nitrogens with two attached hydrogens (primary N) is 1. The molecule has 13 heavy (non-hydrogen) atoms. The second kappa shape index (κ2) is 4.38. The maximum Gasteiger partial charge on any atom is 0.0598 e. The average Bonchev–Trinajstić information content (AvgIpc) is 2.04. The number of rotatable bonds is 3. The van der Waals surface area contributed by atoms with Gasteiger partial charge in [0.25, 0.3) is 0 Å². The number of nitrogen functional groups attached to an aromatic ring is 1. The van der Waals surface area contributed by atoms with E-state index >= 15 is 0 Å². The SMILES string of the molecule is CCCN(C)c1ccc(Cl)cc1N. The van der Waals surface area contributed by atoms with Crippen LogP contribution in [0.25, 0.3) is 0 Å². The second-order valence-electron chi connectivity index (χ2n) is 3.12. The lowest BCUT2D eigenvalue weighted by Crippen LogP contribution is -2.18. The molecule has 72 valence electrons. The molecule has 0 atom stereocenters. The van der Waals surface area contributed by atoms with Gasteiger partial charge >= 0.3 is 0 Å². The maximum absolute atomic E-state index is 5.83. The highest BCUT2D eigenvalue weighted by Gasteiger charge is 2.03. The number of hydrogen-bond donors (Lipinski definition) is 1. The van der Waals surface area contributed by atoms with Gasteiger partial charge in [-0.15, -0.1) is 0 Å². The maximum atomic E-state index is 5.83. The summed E-state index contributed by atoms with van der Waals surface area (Å²) in [6.07, 6.45) is 1.11. The van der Waals surface area contributed by atoms with Gasteiger partial charge in [-0.05, 0) is 24.6 Å². The van der Waals surface area contributed by atoms with E-state index in [0.717, 1.165) is 24.3 Å². The number of hydrogen-bond acceptors (Lipinski definition) is 2. The van der Waals surface area contributed by atoms with Crippen molar-refractivity contribution in [3.05, 3.63) is 23.2 Å². The van der Waals surface area contributed by atoms with Gasteiger partial charge in [0.1, 0.15) is 0 Å². The van der Waals surface area contributed by atoms with Gasteiger partial charge in [0.2, 0.25) is 0 Å². The Morgan fingerprint density at radius 3 is 2.69 bits per heavy atom. The van der Waals surface area contributed by atoms with Crippen molar-refractivity contribution in [1.82, 2.24) is 0 Å². The van der Waals surface area contributed by atoms with E-state index in [1.54, 1.807) is 6.07 Å². The summed E-state index contributed by atoms with van der Waals surface area (Å²) in [6.45, 7) is 3.15. The number of halogens is 1. The number of anilines is 2. The van der Waals surface area contributed by atoms with Crippen molar-refractivity contribution >= 4 is 23.0 Å². The first-order chi connectivity index (χ1) is 6.15. The third-order valence-electron chi connectivity index (χ3n) is 1.96. The van der Waals surface area contributed by atoms with E-state index in [-0.39, 0.29) is 0 Å². The summed E-state index contributed by atoms with van der Waals surface area (Å²) in [5.74, 6) is 0. The topological polar surface area (TPSA) is 29.3 Å². The minimum atomic E-state index is 0.686. The molecule has 0 bridgehead atoms. The first-order valence-corrected chi connectivity index (χ1v) is 4.79. The van der Waals surface area contributed by atoms with Gasteiger partial charge in [0.15, 0.2) is 0 Å². The smallest absolute Gasteiger partial charge is 0.0598 e. The van der Waals surface area contributed by atoms with Crippen LogP contribution >= 0.6 is 11.6 Å². The molecule has 0 aliphatic carbocycles. The molecule has 1 aromatic carbocycles. The molecule has 0 saturated carbocycles. The van der Waals surface area contributed by atoms with Crippen LogP contribution in [0.15, 0.2) is 18.2 Å².